The van der Waals surface area contributed by atoms with Crippen LogP contribution in [-0.2, 0) is 13.1 Å². The van der Waals surface area contributed by atoms with Gasteiger partial charge in [-0.05, 0) is 64.5 Å². The number of likely N-dealkylation sites (N-methyl/N-ethyl adjacent to an activating group) is 1. The van der Waals surface area contributed by atoms with Crippen LogP contribution < -0.4 is 0 Å². The molecule has 24 heavy (non-hydrogen) atoms. The quantitative estimate of drug-likeness (QED) is 0.915. The highest BCUT2D eigenvalue weighted by Crippen LogP contribution is 2.26. The molecule has 0 spiro atoms. The second-order valence-electron chi connectivity index (χ2n) is 7.54. The zero-order valence-corrected chi connectivity index (χ0v) is 15.3. The zero-order valence-electron chi connectivity index (χ0n) is 15.3. The average Bonchev–Trinajstić information content (AvgIpc) is 2.87. The second-order valence-corrected chi connectivity index (χ2v) is 7.54. The van der Waals surface area contributed by atoms with Crippen LogP contribution in [0.4, 0.5) is 0 Å². The van der Waals surface area contributed by atoms with Gasteiger partial charge in [0.25, 0.3) is 0 Å². The van der Waals surface area contributed by atoms with Gasteiger partial charge in [0.1, 0.15) is 0 Å². The van der Waals surface area contributed by atoms with Crippen molar-refractivity contribution in [2.24, 2.45) is 0 Å². The van der Waals surface area contributed by atoms with E-state index in [0.29, 0.717) is 0 Å². The average molecular weight is 329 g/mol. The van der Waals surface area contributed by atoms with E-state index in [1.807, 2.05) is 14.1 Å². The Morgan fingerprint density at radius 2 is 2.00 bits per heavy atom. The van der Waals surface area contributed by atoms with E-state index in [1.54, 1.807) is 0 Å². The summed E-state index contributed by atoms with van der Waals surface area (Å²) in [4.78, 5) is 4.61. The summed E-state index contributed by atoms with van der Waals surface area (Å²) in [5.74, 6) is 0. The first-order valence-corrected chi connectivity index (χ1v) is 9.17. The van der Waals surface area contributed by atoms with Gasteiger partial charge in [-0.25, -0.2) is 0 Å². The van der Waals surface area contributed by atoms with Crippen LogP contribution in [0, 0.1) is 0 Å². The van der Waals surface area contributed by atoms with Crippen molar-refractivity contribution in [3.8, 4) is 0 Å². The van der Waals surface area contributed by atoms with Crippen LogP contribution >= 0.6 is 0 Å². The van der Waals surface area contributed by atoms with Gasteiger partial charge in [-0.2, -0.15) is 0 Å². The molecule has 2 aromatic rings. The summed E-state index contributed by atoms with van der Waals surface area (Å²) in [6.07, 6.45) is 5.01. The molecule has 0 unspecified atom stereocenters. The molecule has 0 aliphatic carbocycles. The molecule has 1 atom stereocenters. The molecule has 0 amide bonds. The zero-order chi connectivity index (χ0) is 17.2. The minimum Gasteiger partial charge on any atom is -0.389 e. The van der Waals surface area contributed by atoms with Crippen molar-refractivity contribution in [1.29, 1.82) is 0 Å². The van der Waals surface area contributed by atoms with E-state index in [2.05, 4.69) is 51.8 Å². The minimum absolute atomic E-state index is 0.532. The van der Waals surface area contributed by atoms with Crippen molar-refractivity contribution in [3.63, 3.8) is 0 Å². The molecule has 1 N–H and O–H groups in total. The maximum Gasteiger partial charge on any atom is 0.0786 e. The highest BCUT2D eigenvalue weighted by atomic mass is 16.3. The van der Waals surface area contributed by atoms with Gasteiger partial charge in [0, 0.05) is 43.3 Å². The lowest BCUT2D eigenvalue weighted by Crippen LogP contribution is -2.40. The van der Waals surface area contributed by atoms with E-state index < -0.39 is 5.60 Å². The van der Waals surface area contributed by atoms with Crippen molar-refractivity contribution >= 4 is 10.9 Å². The third-order valence-electron chi connectivity index (χ3n) is 5.26. The predicted octanol–water partition coefficient (Wildman–Crippen LogP) is 2.94. The smallest absolute Gasteiger partial charge is 0.0786 e. The van der Waals surface area contributed by atoms with E-state index in [1.165, 1.54) is 16.5 Å². The Morgan fingerprint density at radius 3 is 2.75 bits per heavy atom. The highest BCUT2D eigenvalue weighted by Gasteiger charge is 2.30. The molecule has 2 heterocycles. The molecule has 1 aliphatic heterocycles. The van der Waals surface area contributed by atoms with E-state index >= 15 is 0 Å². The number of nitrogens with zero attached hydrogens (tertiary/aromatic N) is 3. The molecular weight excluding hydrogens is 298 g/mol. The van der Waals surface area contributed by atoms with E-state index in [0.717, 1.165) is 52.0 Å². The SMILES string of the molecule is CCn1ccc2c(CN3CCC[C@@](O)(CN(C)C)CC3)cccc21. The van der Waals surface area contributed by atoms with Crippen LogP contribution in [0.5, 0.6) is 0 Å². The first kappa shape index (κ1) is 17.5. The number of likely N-dealkylation sites (tertiary alicyclic amines) is 1. The van der Waals surface area contributed by atoms with Gasteiger partial charge in [0.05, 0.1) is 5.60 Å². The lowest BCUT2D eigenvalue weighted by atomic mass is 9.94. The Labute approximate surface area is 145 Å². The van der Waals surface area contributed by atoms with Crippen molar-refractivity contribution in [3.05, 3.63) is 36.0 Å². The number of hydrogen-bond acceptors (Lipinski definition) is 3. The van der Waals surface area contributed by atoms with Gasteiger partial charge >= 0.3 is 0 Å². The predicted molar refractivity (Wildman–Crippen MR) is 100 cm³/mol. The number of hydrogen-bond donors (Lipinski definition) is 1. The molecule has 0 saturated carbocycles. The van der Waals surface area contributed by atoms with Crippen molar-refractivity contribution in [2.75, 3.05) is 33.7 Å². The normalized spacial score (nSPS) is 23.0. The monoisotopic (exact) mass is 329 g/mol. The molecule has 3 rings (SSSR count). The Morgan fingerprint density at radius 1 is 1.17 bits per heavy atom. The van der Waals surface area contributed by atoms with Crippen LogP contribution in [0.1, 0.15) is 31.7 Å². The molecular formula is C20H31N3O. The summed E-state index contributed by atoms with van der Waals surface area (Å²) in [5, 5.41) is 12.2. The summed E-state index contributed by atoms with van der Waals surface area (Å²) < 4.78 is 2.30. The lowest BCUT2D eigenvalue weighted by Gasteiger charge is -2.30. The van der Waals surface area contributed by atoms with Gasteiger partial charge in [-0.15, -0.1) is 0 Å². The highest BCUT2D eigenvalue weighted by molar-refractivity contribution is 5.83. The third-order valence-corrected chi connectivity index (χ3v) is 5.26. The van der Waals surface area contributed by atoms with E-state index in [-0.39, 0.29) is 0 Å². The third kappa shape index (κ3) is 3.82. The fourth-order valence-electron chi connectivity index (χ4n) is 4.08. The van der Waals surface area contributed by atoms with Gasteiger partial charge in [0.15, 0.2) is 0 Å². The topological polar surface area (TPSA) is 31.6 Å². The number of aromatic nitrogens is 1. The largest absolute Gasteiger partial charge is 0.389 e. The van der Waals surface area contributed by atoms with Gasteiger partial charge in [-0.3, -0.25) is 4.90 Å². The number of aryl methyl sites for hydroxylation is 1. The molecule has 1 aromatic carbocycles. The number of fused-ring (bicyclic) bond motifs is 1. The summed E-state index contributed by atoms with van der Waals surface area (Å²) in [7, 11) is 4.08. The first-order valence-electron chi connectivity index (χ1n) is 9.17. The van der Waals surface area contributed by atoms with Crippen molar-refractivity contribution in [2.45, 2.75) is 44.9 Å². The number of aliphatic hydroxyl groups is 1. The maximum absolute atomic E-state index is 10.8. The lowest BCUT2D eigenvalue weighted by molar-refractivity contribution is 0.00259. The second kappa shape index (κ2) is 7.26. The molecule has 4 heteroatoms. The fourth-order valence-corrected chi connectivity index (χ4v) is 4.08. The van der Waals surface area contributed by atoms with Gasteiger partial charge in [-0.1, -0.05) is 12.1 Å². The molecule has 1 aliphatic rings. The Bertz CT molecular complexity index is 679. The van der Waals surface area contributed by atoms with Crippen molar-refractivity contribution < 1.29 is 5.11 Å². The van der Waals surface area contributed by atoms with Gasteiger partial charge < -0.3 is 14.6 Å². The van der Waals surface area contributed by atoms with Crippen LogP contribution in [0.3, 0.4) is 0 Å². The fraction of sp³-hybridized carbons (Fsp3) is 0.600. The van der Waals surface area contributed by atoms with E-state index in [4.69, 9.17) is 0 Å². The molecule has 1 saturated heterocycles. The molecule has 1 fully saturated rings. The molecule has 1 aromatic heterocycles. The number of rotatable bonds is 5. The summed E-state index contributed by atoms with van der Waals surface area (Å²) in [6.45, 7) is 6.97. The Balaban J connectivity index is 1.72. The molecule has 132 valence electrons. The Hall–Kier alpha value is -1.36. The molecule has 0 bridgehead atoms. The first-order chi connectivity index (χ1) is 11.5. The Kier molecular flexibility index (Phi) is 5.28. The number of benzene rings is 1. The van der Waals surface area contributed by atoms with Crippen LogP contribution in [0.2, 0.25) is 0 Å². The summed E-state index contributed by atoms with van der Waals surface area (Å²) in [5.41, 5.74) is 2.20. The summed E-state index contributed by atoms with van der Waals surface area (Å²) >= 11 is 0. The maximum atomic E-state index is 10.8. The van der Waals surface area contributed by atoms with E-state index in [9.17, 15) is 5.11 Å². The van der Waals surface area contributed by atoms with Crippen LogP contribution in [-0.4, -0.2) is 58.8 Å². The van der Waals surface area contributed by atoms with Gasteiger partial charge in [0.2, 0.25) is 0 Å². The van der Waals surface area contributed by atoms with Crippen LogP contribution in [0.25, 0.3) is 10.9 Å². The molecule has 0 radical (unpaired) electrons. The summed E-state index contributed by atoms with van der Waals surface area (Å²) in [6, 6.07) is 8.87. The molecule has 4 nitrogen and oxygen atoms in total. The van der Waals surface area contributed by atoms with Crippen molar-refractivity contribution in [1.82, 2.24) is 14.4 Å². The standard InChI is InChI=1S/C20H31N3O/c1-4-23-13-9-18-17(7-5-8-19(18)23)15-22-12-6-10-20(24,11-14-22)16-21(2)3/h5,7-9,13,24H,4,6,10-12,14-16H2,1-3H3/t20-/m0/s1. The van der Waals surface area contributed by atoms with Crippen LogP contribution in [0.15, 0.2) is 30.5 Å². The minimum atomic E-state index is -0.532.